The number of benzene rings is 1. The Bertz CT molecular complexity index is 464. The molecule has 0 aliphatic rings. The number of hydrogen-bond acceptors (Lipinski definition) is 1. The Hall–Kier alpha value is -0.310. The summed E-state index contributed by atoms with van der Waals surface area (Å²) >= 11 is 11.2. The molecule has 1 aromatic heterocycles. The fourth-order valence-corrected chi connectivity index (χ4v) is 3.24. The summed E-state index contributed by atoms with van der Waals surface area (Å²) in [5.74, 6) is 0. The van der Waals surface area contributed by atoms with Crippen LogP contribution in [0.5, 0.6) is 0 Å². The zero-order valence-corrected chi connectivity index (χ0v) is 11.4. The van der Waals surface area contributed by atoms with Crippen LogP contribution in [0.2, 0.25) is 4.34 Å². The summed E-state index contributed by atoms with van der Waals surface area (Å²) in [6.07, 6.45) is 0. The van der Waals surface area contributed by atoms with Crippen LogP contribution >= 0.6 is 38.9 Å². The normalized spacial score (nSPS) is 12.7. The van der Waals surface area contributed by atoms with Gasteiger partial charge < -0.3 is 0 Å². The van der Waals surface area contributed by atoms with Crippen molar-refractivity contribution in [1.82, 2.24) is 0 Å². The van der Waals surface area contributed by atoms with Gasteiger partial charge in [0.15, 0.2) is 0 Å². The maximum absolute atomic E-state index is 5.92. The minimum atomic E-state index is 0.245. The first kappa shape index (κ1) is 11.2. The summed E-state index contributed by atoms with van der Waals surface area (Å²) in [5, 5.41) is 0. The molecule has 0 saturated heterocycles. The lowest BCUT2D eigenvalue weighted by molar-refractivity contribution is 1.21. The average Bonchev–Trinajstić information content (AvgIpc) is 2.64. The van der Waals surface area contributed by atoms with Gasteiger partial charge in [0.05, 0.1) is 9.16 Å². The van der Waals surface area contributed by atoms with Crippen molar-refractivity contribution in [2.45, 2.75) is 11.8 Å². The Balaban J connectivity index is 2.32. The summed E-state index contributed by atoms with van der Waals surface area (Å²) < 4.78 is 0.835. The molecule has 2 rings (SSSR count). The van der Waals surface area contributed by atoms with E-state index in [4.69, 9.17) is 11.6 Å². The zero-order chi connectivity index (χ0) is 10.8. The van der Waals surface area contributed by atoms with Crippen LogP contribution in [0.3, 0.4) is 0 Å². The van der Waals surface area contributed by atoms with Crippen LogP contribution in [0.15, 0.2) is 36.4 Å². The first-order valence-corrected chi connectivity index (χ1v) is 6.73. The van der Waals surface area contributed by atoms with Gasteiger partial charge in [-0.3, -0.25) is 0 Å². The zero-order valence-electron chi connectivity index (χ0n) is 8.21. The smallest absolute Gasteiger partial charge is 0.0931 e. The van der Waals surface area contributed by atoms with E-state index in [1.807, 2.05) is 6.07 Å². The number of rotatable bonds is 2. The van der Waals surface area contributed by atoms with Crippen molar-refractivity contribution in [3.8, 4) is 0 Å². The highest BCUT2D eigenvalue weighted by Gasteiger charge is 2.12. The van der Waals surface area contributed by atoms with Crippen LogP contribution < -0.4 is 0 Å². The SMILES string of the molecule is Cc1cccc(C(Br)c2ccc(Cl)s2)c1. The van der Waals surface area contributed by atoms with Gasteiger partial charge in [-0.2, -0.15) is 0 Å². The lowest BCUT2D eigenvalue weighted by atomic mass is 10.1. The van der Waals surface area contributed by atoms with E-state index >= 15 is 0 Å². The molecule has 0 nitrogen and oxygen atoms in total. The van der Waals surface area contributed by atoms with E-state index in [0.29, 0.717) is 0 Å². The maximum atomic E-state index is 5.92. The Labute approximate surface area is 107 Å². The van der Waals surface area contributed by atoms with Gasteiger partial charge in [0.2, 0.25) is 0 Å². The van der Waals surface area contributed by atoms with Crippen molar-refractivity contribution in [3.05, 3.63) is 56.7 Å². The summed E-state index contributed by atoms with van der Waals surface area (Å²) in [5.41, 5.74) is 2.55. The quantitative estimate of drug-likeness (QED) is 0.669. The first-order valence-electron chi connectivity index (χ1n) is 4.62. The van der Waals surface area contributed by atoms with Gasteiger partial charge in [0, 0.05) is 4.88 Å². The molecule has 0 aliphatic carbocycles. The lowest BCUT2D eigenvalue weighted by Gasteiger charge is -2.08. The molecule has 1 atom stereocenters. The van der Waals surface area contributed by atoms with Gasteiger partial charge >= 0.3 is 0 Å². The van der Waals surface area contributed by atoms with Gasteiger partial charge in [0.1, 0.15) is 0 Å². The van der Waals surface area contributed by atoms with Crippen molar-refractivity contribution in [2.24, 2.45) is 0 Å². The highest BCUT2D eigenvalue weighted by molar-refractivity contribution is 9.09. The van der Waals surface area contributed by atoms with Gasteiger partial charge in [-0.1, -0.05) is 57.4 Å². The molecule has 0 fully saturated rings. The summed E-state index contributed by atoms with van der Waals surface area (Å²) in [4.78, 5) is 1.49. The Morgan fingerprint density at radius 2 is 2.07 bits per heavy atom. The van der Waals surface area contributed by atoms with Gasteiger partial charge in [-0.25, -0.2) is 0 Å². The third-order valence-electron chi connectivity index (χ3n) is 2.18. The van der Waals surface area contributed by atoms with Gasteiger partial charge in [-0.15, -0.1) is 11.3 Å². The van der Waals surface area contributed by atoms with Crippen molar-refractivity contribution in [2.75, 3.05) is 0 Å². The van der Waals surface area contributed by atoms with Crippen LogP contribution in [-0.4, -0.2) is 0 Å². The minimum absolute atomic E-state index is 0.245. The van der Waals surface area contributed by atoms with Crippen molar-refractivity contribution in [1.29, 1.82) is 0 Å². The number of halogens is 2. The summed E-state index contributed by atoms with van der Waals surface area (Å²) in [7, 11) is 0. The highest BCUT2D eigenvalue weighted by atomic mass is 79.9. The second kappa shape index (κ2) is 4.69. The lowest BCUT2D eigenvalue weighted by Crippen LogP contribution is -1.89. The fraction of sp³-hybridized carbons (Fsp3) is 0.167. The molecule has 0 N–H and O–H groups in total. The fourth-order valence-electron chi connectivity index (χ4n) is 1.46. The van der Waals surface area contributed by atoms with E-state index in [2.05, 4.69) is 53.2 Å². The molecule has 0 radical (unpaired) electrons. The highest BCUT2D eigenvalue weighted by Crippen LogP contribution is 2.36. The molecule has 1 heterocycles. The van der Waals surface area contributed by atoms with E-state index in [9.17, 15) is 0 Å². The molecule has 0 saturated carbocycles. The molecule has 3 heteroatoms. The molecule has 1 unspecified atom stereocenters. The van der Waals surface area contributed by atoms with Crippen LogP contribution in [0.25, 0.3) is 0 Å². The molecule has 0 bridgehead atoms. The maximum Gasteiger partial charge on any atom is 0.0931 e. The molecule has 0 spiro atoms. The van der Waals surface area contributed by atoms with Gasteiger partial charge in [0.25, 0.3) is 0 Å². The van der Waals surface area contributed by atoms with Crippen LogP contribution in [0.1, 0.15) is 20.8 Å². The van der Waals surface area contributed by atoms with Crippen molar-refractivity contribution >= 4 is 38.9 Å². The first-order chi connectivity index (χ1) is 7.16. The predicted octanol–water partition coefficient (Wildman–Crippen LogP) is 5.19. The van der Waals surface area contributed by atoms with Crippen LogP contribution in [0.4, 0.5) is 0 Å². The molecule has 1 aromatic carbocycles. The largest absolute Gasteiger partial charge is 0.127 e. The molecule has 0 amide bonds. The van der Waals surface area contributed by atoms with Crippen LogP contribution in [-0.2, 0) is 0 Å². The second-order valence-corrected chi connectivity index (χ2v) is 6.08. The molecule has 2 aromatic rings. The molecule has 15 heavy (non-hydrogen) atoms. The average molecular weight is 302 g/mol. The Morgan fingerprint density at radius 1 is 1.27 bits per heavy atom. The Morgan fingerprint density at radius 3 is 2.67 bits per heavy atom. The number of hydrogen-bond donors (Lipinski definition) is 0. The third kappa shape index (κ3) is 2.63. The van der Waals surface area contributed by atoms with E-state index in [1.54, 1.807) is 11.3 Å². The second-order valence-electron chi connectivity index (χ2n) is 3.42. The van der Waals surface area contributed by atoms with E-state index < -0.39 is 0 Å². The number of thiophene rings is 1. The summed E-state index contributed by atoms with van der Waals surface area (Å²) in [6.45, 7) is 2.10. The predicted molar refractivity (Wildman–Crippen MR) is 71.3 cm³/mol. The number of alkyl halides is 1. The molecular formula is C12H10BrClS. The standard InChI is InChI=1S/C12H10BrClS/c1-8-3-2-4-9(7-8)12(13)10-5-6-11(14)15-10/h2-7,12H,1H3. The van der Waals surface area contributed by atoms with E-state index in [1.165, 1.54) is 16.0 Å². The van der Waals surface area contributed by atoms with Crippen molar-refractivity contribution < 1.29 is 0 Å². The number of aryl methyl sites for hydroxylation is 1. The third-order valence-corrected chi connectivity index (χ3v) is 4.80. The van der Waals surface area contributed by atoms with E-state index in [0.717, 1.165) is 4.34 Å². The van der Waals surface area contributed by atoms with Crippen molar-refractivity contribution in [3.63, 3.8) is 0 Å². The summed E-state index contributed by atoms with van der Waals surface area (Å²) in [6, 6.07) is 12.5. The topological polar surface area (TPSA) is 0 Å². The Kier molecular flexibility index (Phi) is 3.49. The van der Waals surface area contributed by atoms with Crippen LogP contribution in [0, 0.1) is 6.92 Å². The molecular weight excluding hydrogens is 292 g/mol. The van der Waals surface area contributed by atoms with E-state index in [-0.39, 0.29) is 4.83 Å². The molecule has 78 valence electrons. The van der Waals surface area contributed by atoms with Gasteiger partial charge in [-0.05, 0) is 24.6 Å². The monoisotopic (exact) mass is 300 g/mol. The molecule has 0 aliphatic heterocycles. The minimum Gasteiger partial charge on any atom is -0.127 e.